The second-order valence-corrected chi connectivity index (χ2v) is 3.84. The van der Waals surface area contributed by atoms with Crippen LogP contribution < -0.4 is 0 Å². The number of hydrogen-bond acceptors (Lipinski definition) is 2. The summed E-state index contributed by atoms with van der Waals surface area (Å²) >= 11 is 0. The highest BCUT2D eigenvalue weighted by Crippen LogP contribution is 2.33. The number of hydrogen-bond donors (Lipinski definition) is 1. The molecule has 0 spiro atoms. The Labute approximate surface area is 94.2 Å². The molecule has 0 atom stereocenters. The predicted octanol–water partition coefficient (Wildman–Crippen LogP) is 3.10. The van der Waals surface area contributed by atoms with Crippen LogP contribution in [0.1, 0.15) is 22.8 Å². The van der Waals surface area contributed by atoms with Crippen molar-refractivity contribution in [1.82, 2.24) is 0 Å². The quantitative estimate of drug-likeness (QED) is 0.765. The molecule has 16 heavy (non-hydrogen) atoms. The minimum Gasteiger partial charge on any atom is -0.508 e. The fourth-order valence-corrected chi connectivity index (χ4v) is 1.75. The van der Waals surface area contributed by atoms with E-state index in [-0.39, 0.29) is 5.75 Å². The summed E-state index contributed by atoms with van der Waals surface area (Å²) < 4.78 is 0. The van der Waals surface area contributed by atoms with Crippen molar-refractivity contribution in [2.75, 3.05) is 0 Å². The third kappa shape index (κ3) is 1.70. The van der Waals surface area contributed by atoms with Crippen molar-refractivity contribution in [3.05, 3.63) is 59.2 Å². The molecule has 1 aromatic carbocycles. The Morgan fingerprint density at radius 1 is 1.25 bits per heavy atom. The highest BCUT2D eigenvalue weighted by atomic mass is 16.3. The van der Waals surface area contributed by atoms with E-state index in [1.807, 2.05) is 19.1 Å². The summed E-state index contributed by atoms with van der Waals surface area (Å²) in [6.45, 7) is 5.95. The van der Waals surface area contributed by atoms with Crippen LogP contribution in [0.3, 0.4) is 0 Å². The molecule has 0 unspecified atom stereocenters. The van der Waals surface area contributed by atoms with Crippen molar-refractivity contribution in [3.8, 4) is 5.75 Å². The van der Waals surface area contributed by atoms with Crippen molar-refractivity contribution < 1.29 is 9.90 Å². The molecule has 1 aliphatic carbocycles. The van der Waals surface area contributed by atoms with Crippen LogP contribution in [0.15, 0.2) is 48.1 Å². The standard InChI is InChI=1S/C14H12O2/c1-9-3-4-14(10(9)2)12-5-11(8-15)6-13(16)7-12/h3-8,16H,2H2,1H3. The van der Waals surface area contributed by atoms with Crippen molar-refractivity contribution in [2.24, 2.45) is 0 Å². The number of allylic oxidation sites excluding steroid dienone is 5. The summed E-state index contributed by atoms with van der Waals surface area (Å²) in [5, 5.41) is 9.50. The molecule has 0 heterocycles. The van der Waals surface area contributed by atoms with E-state index >= 15 is 0 Å². The molecule has 0 radical (unpaired) electrons. The van der Waals surface area contributed by atoms with Crippen LogP contribution in [0.25, 0.3) is 5.57 Å². The van der Waals surface area contributed by atoms with E-state index in [0.29, 0.717) is 5.56 Å². The summed E-state index contributed by atoms with van der Waals surface area (Å²) in [5.41, 5.74) is 4.28. The number of carbonyl (C=O) groups excluding carboxylic acids is 1. The zero-order chi connectivity index (χ0) is 11.7. The number of aldehydes is 1. The molecule has 1 N–H and O–H groups in total. The Morgan fingerprint density at radius 2 is 2.00 bits per heavy atom. The Morgan fingerprint density at radius 3 is 2.56 bits per heavy atom. The van der Waals surface area contributed by atoms with E-state index in [1.165, 1.54) is 6.07 Å². The first-order valence-electron chi connectivity index (χ1n) is 4.99. The van der Waals surface area contributed by atoms with E-state index in [0.717, 1.165) is 28.6 Å². The van der Waals surface area contributed by atoms with Crippen molar-refractivity contribution in [2.45, 2.75) is 6.92 Å². The molecule has 1 aromatic rings. The Hall–Kier alpha value is -2.09. The normalized spacial score (nSPS) is 14.7. The van der Waals surface area contributed by atoms with Crippen LogP contribution in [0.4, 0.5) is 0 Å². The first-order chi connectivity index (χ1) is 7.61. The van der Waals surface area contributed by atoms with Gasteiger partial charge in [0.05, 0.1) is 0 Å². The zero-order valence-electron chi connectivity index (χ0n) is 9.03. The number of rotatable bonds is 2. The van der Waals surface area contributed by atoms with E-state index in [9.17, 15) is 9.90 Å². The minimum atomic E-state index is 0.0952. The van der Waals surface area contributed by atoms with E-state index < -0.39 is 0 Å². The summed E-state index contributed by atoms with van der Waals surface area (Å²) in [7, 11) is 0. The first kappa shape index (κ1) is 10.4. The molecular formula is C14H12O2. The zero-order valence-corrected chi connectivity index (χ0v) is 9.03. The third-order valence-corrected chi connectivity index (χ3v) is 2.69. The molecule has 0 saturated carbocycles. The first-order valence-corrected chi connectivity index (χ1v) is 4.99. The maximum atomic E-state index is 10.7. The lowest BCUT2D eigenvalue weighted by atomic mass is 9.97. The lowest BCUT2D eigenvalue weighted by Gasteiger charge is -2.07. The van der Waals surface area contributed by atoms with Gasteiger partial charge in [-0.1, -0.05) is 18.7 Å². The number of carbonyl (C=O) groups is 1. The lowest BCUT2D eigenvalue weighted by Crippen LogP contribution is -1.89. The monoisotopic (exact) mass is 212 g/mol. The van der Waals surface area contributed by atoms with Gasteiger partial charge in [0.15, 0.2) is 0 Å². The lowest BCUT2D eigenvalue weighted by molar-refractivity contribution is 0.112. The second-order valence-electron chi connectivity index (χ2n) is 3.84. The summed E-state index contributed by atoms with van der Waals surface area (Å²) in [6, 6.07) is 4.82. The Bertz CT molecular complexity index is 534. The minimum absolute atomic E-state index is 0.0952. The molecule has 0 bridgehead atoms. The predicted molar refractivity (Wildman–Crippen MR) is 64.4 cm³/mol. The van der Waals surface area contributed by atoms with E-state index in [4.69, 9.17) is 0 Å². The third-order valence-electron chi connectivity index (χ3n) is 2.69. The Kier molecular flexibility index (Phi) is 2.49. The fourth-order valence-electron chi connectivity index (χ4n) is 1.75. The summed E-state index contributed by atoms with van der Waals surface area (Å²) in [4.78, 5) is 10.7. The number of aromatic hydroxyl groups is 1. The van der Waals surface area contributed by atoms with Gasteiger partial charge >= 0.3 is 0 Å². The molecule has 2 nitrogen and oxygen atoms in total. The highest BCUT2D eigenvalue weighted by molar-refractivity contribution is 5.89. The maximum Gasteiger partial charge on any atom is 0.150 e. The fraction of sp³-hybridized carbons (Fsp3) is 0.0714. The molecule has 80 valence electrons. The van der Waals surface area contributed by atoms with Crippen LogP contribution in [0, 0.1) is 0 Å². The SMILES string of the molecule is C=C1C(C)=CC=C1c1cc(O)cc(C=O)c1. The van der Waals surface area contributed by atoms with Crippen molar-refractivity contribution in [1.29, 1.82) is 0 Å². The maximum absolute atomic E-state index is 10.7. The van der Waals surface area contributed by atoms with Crippen LogP contribution in [-0.4, -0.2) is 11.4 Å². The van der Waals surface area contributed by atoms with Crippen LogP contribution in [0.2, 0.25) is 0 Å². The van der Waals surface area contributed by atoms with Gasteiger partial charge in [-0.05, 0) is 47.4 Å². The van der Waals surface area contributed by atoms with E-state index in [2.05, 4.69) is 6.58 Å². The largest absolute Gasteiger partial charge is 0.508 e. The van der Waals surface area contributed by atoms with Gasteiger partial charge in [0.2, 0.25) is 0 Å². The Balaban J connectivity index is 2.47. The van der Waals surface area contributed by atoms with E-state index in [1.54, 1.807) is 12.1 Å². The average Bonchev–Trinajstić information content (AvgIpc) is 2.59. The van der Waals surface area contributed by atoms with Gasteiger partial charge in [-0.15, -0.1) is 0 Å². The van der Waals surface area contributed by atoms with Crippen molar-refractivity contribution in [3.63, 3.8) is 0 Å². The molecule has 0 aliphatic heterocycles. The smallest absolute Gasteiger partial charge is 0.150 e. The molecule has 0 aromatic heterocycles. The van der Waals surface area contributed by atoms with Gasteiger partial charge in [-0.25, -0.2) is 0 Å². The molecule has 1 aliphatic rings. The topological polar surface area (TPSA) is 37.3 Å². The van der Waals surface area contributed by atoms with Crippen LogP contribution in [-0.2, 0) is 0 Å². The molecule has 0 saturated heterocycles. The molecule has 0 amide bonds. The second kappa shape index (κ2) is 3.81. The van der Waals surface area contributed by atoms with Gasteiger partial charge in [-0.2, -0.15) is 0 Å². The number of phenolic OH excluding ortho intramolecular Hbond substituents is 1. The van der Waals surface area contributed by atoms with Crippen LogP contribution in [0.5, 0.6) is 5.75 Å². The number of benzene rings is 1. The molecular weight excluding hydrogens is 200 g/mol. The van der Waals surface area contributed by atoms with Gasteiger partial charge in [0.25, 0.3) is 0 Å². The molecule has 2 heteroatoms. The van der Waals surface area contributed by atoms with Gasteiger partial charge in [-0.3, -0.25) is 4.79 Å². The molecule has 2 rings (SSSR count). The van der Waals surface area contributed by atoms with Gasteiger partial charge in [0.1, 0.15) is 12.0 Å². The average molecular weight is 212 g/mol. The highest BCUT2D eigenvalue weighted by Gasteiger charge is 2.13. The van der Waals surface area contributed by atoms with Gasteiger partial charge < -0.3 is 5.11 Å². The number of phenols is 1. The summed E-state index contributed by atoms with van der Waals surface area (Å²) in [6.07, 6.45) is 4.64. The van der Waals surface area contributed by atoms with Gasteiger partial charge in [0, 0.05) is 5.56 Å². The van der Waals surface area contributed by atoms with Crippen molar-refractivity contribution >= 4 is 11.9 Å². The summed E-state index contributed by atoms with van der Waals surface area (Å²) in [5.74, 6) is 0.0952. The van der Waals surface area contributed by atoms with Crippen LogP contribution >= 0.6 is 0 Å². The molecule has 0 fully saturated rings.